The molecule has 0 saturated carbocycles. The summed E-state index contributed by atoms with van der Waals surface area (Å²) in [4.78, 5) is 32.6. The van der Waals surface area contributed by atoms with E-state index in [2.05, 4.69) is 64.1 Å². The van der Waals surface area contributed by atoms with Crippen molar-refractivity contribution in [1.82, 2.24) is 9.80 Å². The predicted octanol–water partition coefficient (Wildman–Crippen LogP) is 8.38. The van der Waals surface area contributed by atoms with Crippen molar-refractivity contribution in [2.45, 2.75) is 65.5 Å². The first-order valence-electron chi connectivity index (χ1n) is 14.3. The van der Waals surface area contributed by atoms with Crippen LogP contribution < -0.4 is 0 Å². The Morgan fingerprint density at radius 2 is 0.800 bits per heavy atom. The number of hydrogen-bond donors (Lipinski definition) is 0. The highest BCUT2D eigenvalue weighted by Crippen LogP contribution is 2.47. The molecule has 2 aliphatic rings. The fourth-order valence-corrected chi connectivity index (χ4v) is 8.08. The minimum absolute atomic E-state index is 0.0108. The summed E-state index contributed by atoms with van der Waals surface area (Å²) in [5.74, 6) is -0.0215. The van der Waals surface area contributed by atoms with Crippen molar-refractivity contribution in [3.05, 3.63) is 70.8 Å². The number of fused-ring (bicyclic) bond motifs is 2. The number of benzene rings is 5. The molecule has 0 saturated heterocycles. The molecule has 6 heteroatoms. The molecule has 200 valence electrons. The van der Waals surface area contributed by atoms with Gasteiger partial charge in [0.1, 0.15) is 9.98 Å². The summed E-state index contributed by atoms with van der Waals surface area (Å²) < 4.78 is 0. The number of thiocarbonyl (C=S) groups is 2. The molecule has 5 aromatic rings. The van der Waals surface area contributed by atoms with Crippen LogP contribution in [0.3, 0.4) is 0 Å². The quantitative estimate of drug-likeness (QED) is 0.118. The minimum Gasteiger partial charge on any atom is -0.295 e. The summed E-state index contributed by atoms with van der Waals surface area (Å²) >= 11 is 11.9. The lowest BCUT2D eigenvalue weighted by atomic mass is 9.82. The zero-order valence-corrected chi connectivity index (χ0v) is 24.8. The van der Waals surface area contributed by atoms with Gasteiger partial charge in [-0.25, -0.2) is 0 Å². The number of carbonyl (C=O) groups is 2. The molecule has 2 heterocycles. The van der Waals surface area contributed by atoms with Crippen LogP contribution in [0.25, 0.3) is 43.1 Å². The van der Waals surface area contributed by atoms with Crippen LogP contribution in [0.2, 0.25) is 0 Å². The normalized spacial score (nSPS) is 15.4. The topological polar surface area (TPSA) is 40.6 Å². The van der Waals surface area contributed by atoms with Gasteiger partial charge in [-0.2, -0.15) is 0 Å². The molecular formula is C34H30N2O2S2. The number of nitrogens with zero attached hydrogens (tertiary/aromatic N) is 2. The molecule has 2 amide bonds. The van der Waals surface area contributed by atoms with E-state index in [0.717, 1.165) is 79.9 Å². The summed E-state index contributed by atoms with van der Waals surface area (Å²) in [5, 5.41) is 8.29. The van der Waals surface area contributed by atoms with Gasteiger partial charge in [-0.3, -0.25) is 19.4 Å². The van der Waals surface area contributed by atoms with Crippen molar-refractivity contribution >= 4 is 89.3 Å². The molecule has 0 bridgehead atoms. The van der Waals surface area contributed by atoms with Gasteiger partial charge < -0.3 is 0 Å². The number of rotatable bonds is 6. The molecule has 0 spiro atoms. The second-order valence-electron chi connectivity index (χ2n) is 11.0. The van der Waals surface area contributed by atoms with E-state index >= 15 is 0 Å². The molecule has 7 rings (SSSR count). The van der Waals surface area contributed by atoms with E-state index in [1.54, 1.807) is 0 Å². The van der Waals surface area contributed by atoms with Gasteiger partial charge in [0.2, 0.25) is 0 Å². The average molecular weight is 563 g/mol. The van der Waals surface area contributed by atoms with Crippen LogP contribution in [-0.2, 0) is 0 Å². The van der Waals surface area contributed by atoms with E-state index in [9.17, 15) is 9.59 Å². The smallest absolute Gasteiger partial charge is 0.259 e. The largest absolute Gasteiger partial charge is 0.295 e. The molecule has 0 unspecified atom stereocenters. The summed E-state index contributed by atoms with van der Waals surface area (Å²) in [6.45, 7) is 8.42. The highest BCUT2D eigenvalue weighted by molar-refractivity contribution is 7.81. The Kier molecular flexibility index (Phi) is 5.74. The minimum atomic E-state index is -0.0108. The summed E-state index contributed by atoms with van der Waals surface area (Å²) in [5.41, 5.74) is 3.32. The highest BCUT2D eigenvalue weighted by Gasteiger charge is 2.37. The monoisotopic (exact) mass is 562 g/mol. The number of amides is 2. The fourth-order valence-electron chi connectivity index (χ4n) is 7.28. The molecule has 40 heavy (non-hydrogen) atoms. The number of hydrogen-bond acceptors (Lipinski definition) is 4. The van der Waals surface area contributed by atoms with Gasteiger partial charge in [0.15, 0.2) is 0 Å². The van der Waals surface area contributed by atoms with Crippen molar-refractivity contribution in [1.29, 1.82) is 0 Å². The molecule has 0 fully saturated rings. The van der Waals surface area contributed by atoms with E-state index < -0.39 is 0 Å². The lowest BCUT2D eigenvalue weighted by Crippen LogP contribution is -2.46. The third-order valence-corrected chi connectivity index (χ3v) is 10.1. The third kappa shape index (κ3) is 3.06. The Bertz CT molecular complexity index is 1690. The molecule has 0 aliphatic carbocycles. The lowest BCUT2D eigenvalue weighted by molar-refractivity contribution is 0.0791. The Labute approximate surface area is 244 Å². The van der Waals surface area contributed by atoms with Crippen molar-refractivity contribution in [3.63, 3.8) is 0 Å². The Hall–Kier alpha value is -3.48. The van der Waals surface area contributed by atoms with Crippen molar-refractivity contribution in [3.8, 4) is 0 Å². The maximum absolute atomic E-state index is 13.9. The van der Waals surface area contributed by atoms with E-state index in [1.807, 2.05) is 21.9 Å². The van der Waals surface area contributed by atoms with E-state index in [0.29, 0.717) is 21.1 Å². The fraction of sp³-hybridized carbons (Fsp3) is 0.294. The average Bonchev–Trinajstić information content (AvgIpc) is 2.98. The Balaban J connectivity index is 1.56. The van der Waals surface area contributed by atoms with Crippen LogP contribution in [0.5, 0.6) is 0 Å². The first kappa shape index (κ1) is 25.5. The second kappa shape index (κ2) is 9.02. The Morgan fingerprint density at radius 1 is 0.500 bits per heavy atom. The SMILES string of the molecule is CCC(CC)N1C(=O)c2ccc3c4ccc5c6c(ccc(c7ccc(c2c37)C1=S)c64)C(=O)N(C(CC)CC)C5=S. The summed E-state index contributed by atoms with van der Waals surface area (Å²) in [6.07, 6.45) is 3.41. The van der Waals surface area contributed by atoms with Gasteiger partial charge in [0.05, 0.1) is 0 Å². The summed E-state index contributed by atoms with van der Waals surface area (Å²) in [7, 11) is 0. The van der Waals surface area contributed by atoms with Gasteiger partial charge >= 0.3 is 0 Å². The standard InChI is InChI=1S/C34H30N2O2S2/c1-5-17(6-2)35-31(37)23-13-9-19-22-12-16-26-30-24(32(38)36(34(26)40)18(7-3)8-4)14-10-20(28(22)30)21-11-15-25(33(35)39)29(23)27(19)21/h9-18H,5-8H2,1-4H3. The van der Waals surface area contributed by atoms with Gasteiger partial charge in [0.25, 0.3) is 11.8 Å². The van der Waals surface area contributed by atoms with Gasteiger partial charge in [-0.15, -0.1) is 0 Å². The van der Waals surface area contributed by atoms with Crippen LogP contribution >= 0.6 is 24.4 Å². The van der Waals surface area contributed by atoms with E-state index in [1.165, 1.54) is 0 Å². The maximum atomic E-state index is 13.9. The van der Waals surface area contributed by atoms with E-state index in [-0.39, 0.29) is 23.9 Å². The zero-order valence-electron chi connectivity index (χ0n) is 23.1. The van der Waals surface area contributed by atoms with Crippen LogP contribution in [0.15, 0.2) is 48.5 Å². The molecule has 0 aromatic heterocycles. The molecular weight excluding hydrogens is 533 g/mol. The summed E-state index contributed by atoms with van der Waals surface area (Å²) in [6, 6.07) is 16.7. The zero-order chi connectivity index (χ0) is 28.0. The van der Waals surface area contributed by atoms with Crippen LogP contribution in [-0.4, -0.2) is 43.7 Å². The van der Waals surface area contributed by atoms with E-state index in [4.69, 9.17) is 24.4 Å². The molecule has 2 aliphatic heterocycles. The van der Waals surface area contributed by atoms with Crippen molar-refractivity contribution < 1.29 is 9.59 Å². The maximum Gasteiger partial charge on any atom is 0.259 e. The van der Waals surface area contributed by atoms with Gasteiger partial charge in [-0.05, 0) is 70.1 Å². The predicted molar refractivity (Wildman–Crippen MR) is 172 cm³/mol. The van der Waals surface area contributed by atoms with Crippen LogP contribution in [0.4, 0.5) is 0 Å². The first-order valence-corrected chi connectivity index (χ1v) is 15.1. The lowest BCUT2D eigenvalue weighted by Gasteiger charge is -2.36. The highest BCUT2D eigenvalue weighted by atomic mass is 32.1. The molecule has 4 nitrogen and oxygen atoms in total. The molecule has 0 radical (unpaired) electrons. The van der Waals surface area contributed by atoms with Crippen LogP contribution in [0, 0.1) is 0 Å². The molecule has 0 atom stereocenters. The van der Waals surface area contributed by atoms with Crippen molar-refractivity contribution in [2.24, 2.45) is 0 Å². The second-order valence-corrected chi connectivity index (χ2v) is 11.8. The van der Waals surface area contributed by atoms with Crippen molar-refractivity contribution in [2.75, 3.05) is 0 Å². The number of carbonyl (C=O) groups excluding carboxylic acids is 2. The van der Waals surface area contributed by atoms with Crippen LogP contribution in [0.1, 0.15) is 85.2 Å². The Morgan fingerprint density at radius 3 is 1.10 bits per heavy atom. The third-order valence-electron chi connectivity index (χ3n) is 9.31. The molecule has 5 aromatic carbocycles. The van der Waals surface area contributed by atoms with Gasteiger partial charge in [0, 0.05) is 45.1 Å². The first-order chi connectivity index (χ1) is 19.4. The molecule has 0 N–H and O–H groups in total. The van der Waals surface area contributed by atoms with Gasteiger partial charge in [-0.1, -0.05) is 88.5 Å².